The molecule has 1 N–H and O–H groups in total. The Kier molecular flexibility index (Phi) is 7.04. The summed E-state index contributed by atoms with van der Waals surface area (Å²) in [6, 6.07) is 14.7. The minimum atomic E-state index is -0.178. The van der Waals surface area contributed by atoms with Crippen molar-refractivity contribution in [3.8, 4) is 0 Å². The van der Waals surface area contributed by atoms with Crippen LogP contribution < -0.4 is 10.2 Å². The van der Waals surface area contributed by atoms with Crippen molar-refractivity contribution in [2.45, 2.75) is 39.2 Å². The van der Waals surface area contributed by atoms with E-state index in [1.807, 2.05) is 4.90 Å². The molecule has 2 aromatic carbocycles. The van der Waals surface area contributed by atoms with Crippen molar-refractivity contribution < 1.29 is 9.18 Å². The molecule has 4 nitrogen and oxygen atoms in total. The number of hydrogen-bond acceptors (Lipinski definition) is 3. The molecule has 1 amide bonds. The van der Waals surface area contributed by atoms with E-state index < -0.39 is 0 Å². The molecule has 0 saturated carbocycles. The number of rotatable bonds is 3. The highest BCUT2D eigenvalue weighted by atomic mass is 19.1. The predicted molar refractivity (Wildman–Crippen MR) is 113 cm³/mol. The molecule has 2 heterocycles. The lowest BCUT2D eigenvalue weighted by molar-refractivity contribution is -0.117. The Labute approximate surface area is 167 Å². The lowest BCUT2D eigenvalue weighted by Gasteiger charge is -2.38. The number of benzene rings is 2. The van der Waals surface area contributed by atoms with Crippen molar-refractivity contribution in [2.75, 3.05) is 36.4 Å². The van der Waals surface area contributed by atoms with Crippen LogP contribution in [-0.4, -0.2) is 43.0 Å². The fraction of sp³-hybridized carbons (Fsp3) is 0.435. The zero-order valence-corrected chi connectivity index (χ0v) is 16.8. The van der Waals surface area contributed by atoms with Crippen molar-refractivity contribution in [3.63, 3.8) is 0 Å². The molecule has 2 aliphatic rings. The van der Waals surface area contributed by atoms with Gasteiger partial charge in [-0.2, -0.15) is 0 Å². The van der Waals surface area contributed by atoms with Gasteiger partial charge in [0.1, 0.15) is 5.82 Å². The Morgan fingerprint density at radius 3 is 2.46 bits per heavy atom. The molecular weight excluding hydrogens is 353 g/mol. The summed E-state index contributed by atoms with van der Waals surface area (Å²) in [6.45, 7) is 8.19. The largest absolute Gasteiger partial charge is 0.384 e. The van der Waals surface area contributed by atoms with Crippen molar-refractivity contribution in [1.29, 1.82) is 0 Å². The standard InChI is InChI=1S/C17H25N3O.C6H5F/c1-3-19-10-7-15(8-11-19)20(13(2)21)16-5-4-14-6-9-18-17(14)12-16;7-6-4-2-1-3-5-6/h4-5,12,15,18H,3,6-11H2,1-2H3;1-5H. The topological polar surface area (TPSA) is 35.6 Å². The SMILES string of the molecule is CCN1CCC(N(C(C)=O)c2ccc3c(c2)NCC3)CC1.Fc1ccccc1. The Balaban J connectivity index is 0.000000271. The predicted octanol–water partition coefficient (Wildman–Crippen LogP) is 4.32. The number of anilines is 2. The number of fused-ring (bicyclic) bond motifs is 1. The number of amides is 1. The lowest BCUT2D eigenvalue weighted by Crippen LogP contribution is -2.46. The number of halogens is 1. The normalized spacial score (nSPS) is 16.5. The third-order valence-electron chi connectivity index (χ3n) is 5.52. The van der Waals surface area contributed by atoms with Crippen molar-refractivity contribution in [2.24, 2.45) is 0 Å². The maximum absolute atomic E-state index is 12.2. The molecule has 0 unspecified atom stereocenters. The van der Waals surface area contributed by atoms with E-state index in [9.17, 15) is 9.18 Å². The van der Waals surface area contributed by atoms with E-state index in [1.165, 1.54) is 23.4 Å². The van der Waals surface area contributed by atoms with Crippen LogP contribution in [0.2, 0.25) is 0 Å². The molecule has 0 radical (unpaired) electrons. The number of piperidine rings is 1. The van der Waals surface area contributed by atoms with Gasteiger partial charge in [-0.25, -0.2) is 4.39 Å². The van der Waals surface area contributed by atoms with Crippen molar-refractivity contribution in [1.82, 2.24) is 4.90 Å². The molecule has 5 heteroatoms. The monoisotopic (exact) mass is 383 g/mol. The highest BCUT2D eigenvalue weighted by Crippen LogP contribution is 2.30. The Morgan fingerprint density at radius 1 is 1.18 bits per heavy atom. The molecule has 1 fully saturated rings. The van der Waals surface area contributed by atoms with E-state index in [1.54, 1.807) is 25.1 Å². The first-order chi connectivity index (χ1) is 13.6. The second kappa shape index (κ2) is 9.69. The van der Waals surface area contributed by atoms with E-state index in [-0.39, 0.29) is 11.7 Å². The fourth-order valence-electron chi connectivity index (χ4n) is 3.99. The molecule has 1 saturated heterocycles. The van der Waals surface area contributed by atoms with E-state index in [4.69, 9.17) is 0 Å². The lowest BCUT2D eigenvalue weighted by atomic mass is 10.0. The average Bonchev–Trinajstić information content (AvgIpc) is 3.17. The Bertz CT molecular complexity index is 773. The van der Waals surface area contributed by atoms with Gasteiger partial charge < -0.3 is 15.1 Å². The molecule has 0 atom stereocenters. The van der Waals surface area contributed by atoms with Gasteiger partial charge >= 0.3 is 0 Å². The van der Waals surface area contributed by atoms with Crippen LogP contribution in [0.15, 0.2) is 48.5 Å². The minimum absolute atomic E-state index is 0.155. The maximum atomic E-state index is 12.2. The van der Waals surface area contributed by atoms with Gasteiger partial charge in [-0.05, 0) is 55.6 Å². The highest BCUT2D eigenvalue weighted by Gasteiger charge is 2.27. The highest BCUT2D eigenvalue weighted by molar-refractivity contribution is 5.93. The Morgan fingerprint density at radius 2 is 1.89 bits per heavy atom. The number of nitrogens with one attached hydrogen (secondary N) is 1. The van der Waals surface area contributed by atoms with Crippen molar-refractivity contribution in [3.05, 3.63) is 59.9 Å². The maximum Gasteiger partial charge on any atom is 0.224 e. The number of carbonyl (C=O) groups is 1. The van der Waals surface area contributed by atoms with Gasteiger partial charge in [0.25, 0.3) is 0 Å². The van der Waals surface area contributed by atoms with Gasteiger partial charge in [0, 0.05) is 44.0 Å². The number of likely N-dealkylation sites (tertiary alicyclic amines) is 1. The molecule has 0 bridgehead atoms. The van der Waals surface area contributed by atoms with Crippen LogP contribution in [0, 0.1) is 5.82 Å². The van der Waals surface area contributed by atoms with E-state index in [2.05, 4.69) is 35.3 Å². The minimum Gasteiger partial charge on any atom is -0.384 e. The zero-order valence-electron chi connectivity index (χ0n) is 16.8. The molecule has 2 aliphatic heterocycles. The second-order valence-corrected chi connectivity index (χ2v) is 7.37. The van der Waals surface area contributed by atoms with Gasteiger partial charge in [-0.1, -0.05) is 31.2 Å². The smallest absolute Gasteiger partial charge is 0.224 e. The molecule has 2 aromatic rings. The van der Waals surface area contributed by atoms with Crippen LogP contribution in [0.3, 0.4) is 0 Å². The summed E-state index contributed by atoms with van der Waals surface area (Å²) >= 11 is 0. The number of hydrogen-bond donors (Lipinski definition) is 1. The van der Waals surface area contributed by atoms with Crippen LogP contribution in [0.4, 0.5) is 15.8 Å². The summed E-state index contributed by atoms with van der Waals surface area (Å²) in [7, 11) is 0. The van der Waals surface area contributed by atoms with E-state index in [0.29, 0.717) is 6.04 Å². The van der Waals surface area contributed by atoms with Crippen LogP contribution in [0.25, 0.3) is 0 Å². The molecular formula is C23H30FN3O. The summed E-state index contributed by atoms with van der Waals surface area (Å²) in [5.74, 6) is -0.0228. The third kappa shape index (κ3) is 5.10. The molecule has 0 spiro atoms. The first-order valence-electron chi connectivity index (χ1n) is 10.2. The van der Waals surface area contributed by atoms with E-state index >= 15 is 0 Å². The first kappa shape index (κ1) is 20.3. The molecule has 4 rings (SSSR count). The van der Waals surface area contributed by atoms with Crippen LogP contribution in [0.1, 0.15) is 32.3 Å². The van der Waals surface area contributed by atoms with Gasteiger partial charge in [0.05, 0.1) is 0 Å². The molecule has 0 aromatic heterocycles. The van der Waals surface area contributed by atoms with Crippen LogP contribution in [-0.2, 0) is 11.2 Å². The third-order valence-corrected chi connectivity index (χ3v) is 5.52. The van der Waals surface area contributed by atoms with Gasteiger partial charge in [0.2, 0.25) is 5.91 Å². The Hall–Kier alpha value is -2.40. The summed E-state index contributed by atoms with van der Waals surface area (Å²) in [5.41, 5.74) is 3.61. The quantitative estimate of drug-likeness (QED) is 0.858. The zero-order chi connectivity index (χ0) is 19.9. The second-order valence-electron chi connectivity index (χ2n) is 7.37. The summed E-state index contributed by atoms with van der Waals surface area (Å²) in [5, 5.41) is 3.41. The van der Waals surface area contributed by atoms with Gasteiger partial charge in [0.15, 0.2) is 0 Å². The number of nitrogens with zero attached hydrogens (tertiary/aromatic N) is 2. The summed E-state index contributed by atoms with van der Waals surface area (Å²) in [6.07, 6.45) is 3.22. The summed E-state index contributed by atoms with van der Waals surface area (Å²) in [4.78, 5) is 16.7. The molecule has 28 heavy (non-hydrogen) atoms. The number of carbonyl (C=O) groups excluding carboxylic acids is 1. The molecule has 0 aliphatic carbocycles. The fourth-order valence-corrected chi connectivity index (χ4v) is 3.99. The average molecular weight is 384 g/mol. The summed E-state index contributed by atoms with van der Waals surface area (Å²) < 4.78 is 11.9. The molecule has 150 valence electrons. The van der Waals surface area contributed by atoms with Crippen LogP contribution in [0.5, 0.6) is 0 Å². The van der Waals surface area contributed by atoms with Gasteiger partial charge in [-0.15, -0.1) is 0 Å². The first-order valence-corrected chi connectivity index (χ1v) is 10.2. The van der Waals surface area contributed by atoms with Gasteiger partial charge in [-0.3, -0.25) is 4.79 Å². The van der Waals surface area contributed by atoms with E-state index in [0.717, 1.165) is 51.1 Å². The van der Waals surface area contributed by atoms with Crippen LogP contribution >= 0.6 is 0 Å². The van der Waals surface area contributed by atoms with Crippen molar-refractivity contribution >= 4 is 17.3 Å².